The van der Waals surface area contributed by atoms with Crippen LogP contribution in [0.4, 0.5) is 0 Å². The summed E-state index contributed by atoms with van der Waals surface area (Å²) in [6.07, 6.45) is 8.58. The maximum atomic E-state index is 5.32. The van der Waals surface area contributed by atoms with Crippen molar-refractivity contribution in [2.24, 2.45) is 5.92 Å². The minimum Gasteiger partial charge on any atom is -0.339 e. The lowest BCUT2D eigenvalue weighted by Gasteiger charge is -2.19. The molecule has 1 unspecified atom stereocenters. The van der Waals surface area contributed by atoms with E-state index in [0.717, 1.165) is 30.5 Å². The summed E-state index contributed by atoms with van der Waals surface area (Å²) in [6, 6.07) is 0.398. The molecule has 0 saturated heterocycles. The molecule has 1 fully saturated rings. The van der Waals surface area contributed by atoms with E-state index in [1.807, 2.05) is 7.05 Å². The molecule has 1 N–H and O–H groups in total. The minimum absolute atomic E-state index is 0.398. The van der Waals surface area contributed by atoms with Crippen LogP contribution < -0.4 is 5.32 Å². The van der Waals surface area contributed by atoms with Crippen LogP contribution in [0.25, 0.3) is 0 Å². The van der Waals surface area contributed by atoms with Gasteiger partial charge in [0.2, 0.25) is 5.89 Å². The second kappa shape index (κ2) is 6.15. The molecule has 0 radical (unpaired) electrons. The summed E-state index contributed by atoms with van der Waals surface area (Å²) in [5.41, 5.74) is 0. The van der Waals surface area contributed by atoms with Crippen molar-refractivity contribution >= 4 is 0 Å². The van der Waals surface area contributed by atoms with E-state index in [2.05, 4.69) is 22.4 Å². The van der Waals surface area contributed by atoms with Crippen LogP contribution in [-0.4, -0.2) is 23.2 Å². The maximum absolute atomic E-state index is 5.32. The summed E-state index contributed by atoms with van der Waals surface area (Å²) in [6.45, 7) is 2.12. The average Bonchev–Trinajstić information content (AvgIpc) is 2.77. The number of nitrogens with one attached hydrogen (secondary N) is 1. The van der Waals surface area contributed by atoms with Gasteiger partial charge in [-0.3, -0.25) is 0 Å². The van der Waals surface area contributed by atoms with Crippen molar-refractivity contribution in [2.75, 3.05) is 7.05 Å². The Morgan fingerprint density at radius 2 is 2.12 bits per heavy atom. The molecule has 1 saturated carbocycles. The van der Waals surface area contributed by atoms with E-state index in [1.165, 1.54) is 32.1 Å². The molecule has 0 amide bonds. The molecular formula is C13H23N3O. The van der Waals surface area contributed by atoms with Gasteiger partial charge in [0, 0.05) is 18.9 Å². The first kappa shape index (κ1) is 12.6. The third kappa shape index (κ3) is 3.80. The predicted molar refractivity (Wildman–Crippen MR) is 66.8 cm³/mol. The van der Waals surface area contributed by atoms with Gasteiger partial charge in [0.25, 0.3) is 0 Å². The molecular weight excluding hydrogens is 214 g/mol. The van der Waals surface area contributed by atoms with Gasteiger partial charge < -0.3 is 9.84 Å². The Kier molecular flexibility index (Phi) is 4.54. The Morgan fingerprint density at radius 1 is 1.35 bits per heavy atom. The molecule has 1 atom stereocenters. The standard InChI is InChI=1S/C13H23N3O/c1-10(14-2)8-12-15-13(17-16-12)9-11-6-4-3-5-7-11/h10-11,14H,3-9H2,1-2H3. The molecule has 0 aromatic carbocycles. The van der Waals surface area contributed by atoms with Crippen LogP contribution in [0.5, 0.6) is 0 Å². The largest absolute Gasteiger partial charge is 0.339 e. The smallest absolute Gasteiger partial charge is 0.226 e. The fourth-order valence-electron chi connectivity index (χ4n) is 2.47. The fraction of sp³-hybridized carbons (Fsp3) is 0.846. The van der Waals surface area contributed by atoms with Gasteiger partial charge in [-0.05, 0) is 32.7 Å². The SMILES string of the molecule is CNC(C)Cc1noc(CC2CCCCC2)n1. The molecule has 1 aliphatic carbocycles. The summed E-state index contributed by atoms with van der Waals surface area (Å²) >= 11 is 0. The van der Waals surface area contributed by atoms with E-state index < -0.39 is 0 Å². The second-order valence-electron chi connectivity index (χ2n) is 5.21. The van der Waals surface area contributed by atoms with Gasteiger partial charge in [-0.15, -0.1) is 0 Å². The van der Waals surface area contributed by atoms with Crippen LogP contribution in [-0.2, 0) is 12.8 Å². The molecule has 4 nitrogen and oxygen atoms in total. The number of likely N-dealkylation sites (N-methyl/N-ethyl adjacent to an activating group) is 1. The van der Waals surface area contributed by atoms with Gasteiger partial charge in [0.15, 0.2) is 5.82 Å². The van der Waals surface area contributed by atoms with Crippen LogP contribution in [0.3, 0.4) is 0 Å². The van der Waals surface area contributed by atoms with Crippen molar-refractivity contribution in [2.45, 2.75) is 57.9 Å². The normalized spacial score (nSPS) is 19.4. The van der Waals surface area contributed by atoms with Crippen molar-refractivity contribution in [1.29, 1.82) is 0 Å². The minimum atomic E-state index is 0.398. The van der Waals surface area contributed by atoms with E-state index in [0.29, 0.717) is 6.04 Å². The summed E-state index contributed by atoms with van der Waals surface area (Å²) in [4.78, 5) is 4.47. The molecule has 1 aromatic rings. The first-order valence-corrected chi connectivity index (χ1v) is 6.76. The quantitative estimate of drug-likeness (QED) is 0.854. The van der Waals surface area contributed by atoms with Gasteiger partial charge in [0.05, 0.1) is 0 Å². The average molecular weight is 237 g/mol. The highest BCUT2D eigenvalue weighted by atomic mass is 16.5. The van der Waals surface area contributed by atoms with E-state index in [9.17, 15) is 0 Å². The zero-order valence-corrected chi connectivity index (χ0v) is 10.9. The zero-order valence-electron chi connectivity index (χ0n) is 10.9. The lowest BCUT2D eigenvalue weighted by molar-refractivity contribution is 0.303. The highest BCUT2D eigenvalue weighted by Crippen LogP contribution is 2.26. The lowest BCUT2D eigenvalue weighted by atomic mass is 9.87. The second-order valence-corrected chi connectivity index (χ2v) is 5.21. The molecule has 0 aliphatic heterocycles. The lowest BCUT2D eigenvalue weighted by Crippen LogP contribution is -2.24. The number of hydrogen-bond donors (Lipinski definition) is 1. The van der Waals surface area contributed by atoms with Crippen LogP contribution >= 0.6 is 0 Å². The van der Waals surface area contributed by atoms with Crippen LogP contribution in [0.1, 0.15) is 50.7 Å². The zero-order chi connectivity index (χ0) is 12.1. The van der Waals surface area contributed by atoms with Gasteiger partial charge in [-0.1, -0.05) is 24.4 Å². The van der Waals surface area contributed by atoms with E-state index in [-0.39, 0.29) is 0 Å². The maximum Gasteiger partial charge on any atom is 0.226 e. The molecule has 2 rings (SSSR count). The van der Waals surface area contributed by atoms with Crippen LogP contribution in [0.2, 0.25) is 0 Å². The summed E-state index contributed by atoms with van der Waals surface area (Å²) < 4.78 is 5.32. The summed E-state index contributed by atoms with van der Waals surface area (Å²) in [5, 5.41) is 7.23. The van der Waals surface area contributed by atoms with Gasteiger partial charge in [-0.2, -0.15) is 4.98 Å². The van der Waals surface area contributed by atoms with E-state index in [1.54, 1.807) is 0 Å². The number of aromatic nitrogens is 2. The summed E-state index contributed by atoms with van der Waals surface area (Å²) in [7, 11) is 1.95. The van der Waals surface area contributed by atoms with E-state index in [4.69, 9.17) is 4.52 Å². The highest BCUT2D eigenvalue weighted by Gasteiger charge is 2.17. The van der Waals surface area contributed by atoms with Crippen molar-refractivity contribution in [3.63, 3.8) is 0 Å². The number of hydrogen-bond acceptors (Lipinski definition) is 4. The third-order valence-corrected chi connectivity index (χ3v) is 3.68. The Hall–Kier alpha value is -0.900. The number of nitrogens with zero attached hydrogens (tertiary/aromatic N) is 2. The van der Waals surface area contributed by atoms with Crippen molar-refractivity contribution in [3.05, 3.63) is 11.7 Å². The molecule has 4 heteroatoms. The molecule has 0 bridgehead atoms. The molecule has 1 aliphatic rings. The number of rotatable bonds is 5. The fourth-order valence-corrected chi connectivity index (χ4v) is 2.47. The highest BCUT2D eigenvalue weighted by molar-refractivity contribution is 4.90. The van der Waals surface area contributed by atoms with Crippen molar-refractivity contribution in [3.8, 4) is 0 Å². The molecule has 17 heavy (non-hydrogen) atoms. The van der Waals surface area contributed by atoms with E-state index >= 15 is 0 Å². The Balaban J connectivity index is 1.84. The molecule has 1 aromatic heterocycles. The topological polar surface area (TPSA) is 51.0 Å². The van der Waals surface area contributed by atoms with Gasteiger partial charge >= 0.3 is 0 Å². The Morgan fingerprint density at radius 3 is 2.82 bits per heavy atom. The first-order valence-electron chi connectivity index (χ1n) is 6.76. The Bertz CT molecular complexity index is 331. The van der Waals surface area contributed by atoms with Crippen LogP contribution in [0.15, 0.2) is 4.52 Å². The van der Waals surface area contributed by atoms with Crippen molar-refractivity contribution < 1.29 is 4.52 Å². The van der Waals surface area contributed by atoms with Gasteiger partial charge in [-0.25, -0.2) is 0 Å². The third-order valence-electron chi connectivity index (χ3n) is 3.68. The molecule has 0 spiro atoms. The molecule has 96 valence electrons. The van der Waals surface area contributed by atoms with Crippen LogP contribution in [0, 0.1) is 5.92 Å². The van der Waals surface area contributed by atoms with Crippen molar-refractivity contribution in [1.82, 2.24) is 15.5 Å². The Labute approximate surface area is 103 Å². The van der Waals surface area contributed by atoms with Gasteiger partial charge in [0.1, 0.15) is 0 Å². The molecule has 1 heterocycles. The first-order chi connectivity index (χ1) is 8.28. The monoisotopic (exact) mass is 237 g/mol. The predicted octanol–water partition coefficient (Wildman–Crippen LogP) is 2.34. The summed E-state index contributed by atoms with van der Waals surface area (Å²) in [5.74, 6) is 2.42.